The highest BCUT2D eigenvalue weighted by atomic mass is 19.1. The van der Waals surface area contributed by atoms with Crippen molar-refractivity contribution < 1.29 is 18.3 Å². The molecule has 0 bridgehead atoms. The molecule has 1 aromatic heterocycles. The van der Waals surface area contributed by atoms with Crippen molar-refractivity contribution in [3.05, 3.63) is 107 Å². The Kier molecular flexibility index (Phi) is 9.74. The number of carbonyl (C=O) groups is 1. The number of pyridine rings is 1. The number of hydrogen-bond donors (Lipinski definition) is 4. The van der Waals surface area contributed by atoms with E-state index in [1.807, 2.05) is 18.2 Å². The van der Waals surface area contributed by atoms with Gasteiger partial charge in [-0.25, -0.2) is 8.78 Å². The summed E-state index contributed by atoms with van der Waals surface area (Å²) in [5.74, 6) is -1.99. The first-order chi connectivity index (χ1) is 22.7. The Balaban J connectivity index is 1.29. The largest absolute Gasteiger partial charge is 0.398 e. The molecule has 4 aromatic rings. The molecule has 1 amide bonds. The molecule has 0 radical (unpaired) electrons. The van der Waals surface area contributed by atoms with Gasteiger partial charge in [0.1, 0.15) is 17.5 Å². The number of aromatic nitrogens is 1. The van der Waals surface area contributed by atoms with Crippen molar-refractivity contribution in [3.8, 4) is 11.1 Å². The van der Waals surface area contributed by atoms with Gasteiger partial charge < -0.3 is 30.9 Å². The molecule has 0 atom stereocenters. The zero-order valence-electron chi connectivity index (χ0n) is 26.4. The number of nitrogens with two attached hydrogens (primary N) is 1. The highest BCUT2D eigenvalue weighted by molar-refractivity contribution is 6.15. The summed E-state index contributed by atoms with van der Waals surface area (Å²) < 4.78 is 33.7. The van der Waals surface area contributed by atoms with E-state index in [0.29, 0.717) is 46.7 Å². The maximum absolute atomic E-state index is 14.1. The lowest BCUT2D eigenvalue weighted by Crippen LogP contribution is -2.44. The summed E-state index contributed by atoms with van der Waals surface area (Å²) in [6.07, 6.45) is 5.15. The molecule has 0 saturated carbocycles. The van der Waals surface area contributed by atoms with Gasteiger partial charge in [-0.2, -0.15) is 0 Å². The number of rotatable bonds is 8. The molecule has 6 rings (SSSR count). The third-order valence-electron chi connectivity index (χ3n) is 8.77. The molecule has 11 heteroatoms. The van der Waals surface area contributed by atoms with E-state index < -0.39 is 17.5 Å². The number of amidine groups is 1. The summed E-state index contributed by atoms with van der Waals surface area (Å²) >= 11 is 0. The van der Waals surface area contributed by atoms with E-state index >= 15 is 0 Å². The number of amides is 1. The fourth-order valence-electron chi connectivity index (χ4n) is 6.17. The summed E-state index contributed by atoms with van der Waals surface area (Å²) in [5, 5.41) is 15.2. The fraction of sp³-hybridized carbons (Fsp3) is 0.306. The van der Waals surface area contributed by atoms with E-state index in [0.717, 1.165) is 56.3 Å². The number of ether oxygens (including phenoxy) is 1. The van der Waals surface area contributed by atoms with Crippen molar-refractivity contribution >= 4 is 28.8 Å². The quantitative estimate of drug-likeness (QED) is 0.117. The van der Waals surface area contributed by atoms with Gasteiger partial charge in [-0.05, 0) is 91.5 Å². The van der Waals surface area contributed by atoms with E-state index in [2.05, 4.69) is 32.5 Å². The Hall–Kier alpha value is -4.87. The molecule has 3 aromatic carbocycles. The molecule has 2 saturated heterocycles. The number of anilines is 3. The minimum atomic E-state index is -0.678. The zero-order valence-corrected chi connectivity index (χ0v) is 26.4. The minimum absolute atomic E-state index is 0.156. The molecule has 2 aliphatic heterocycles. The van der Waals surface area contributed by atoms with Crippen LogP contribution in [0, 0.1) is 17.0 Å². The van der Waals surface area contributed by atoms with Crippen LogP contribution in [0.25, 0.3) is 11.1 Å². The van der Waals surface area contributed by atoms with Crippen LogP contribution in [0.1, 0.15) is 39.9 Å². The molecule has 2 fully saturated rings. The van der Waals surface area contributed by atoms with E-state index in [1.54, 1.807) is 36.7 Å². The minimum Gasteiger partial charge on any atom is -0.398 e. The molecule has 5 N–H and O–H groups in total. The molecule has 9 nitrogen and oxygen atoms in total. The van der Waals surface area contributed by atoms with Crippen LogP contribution in [0.3, 0.4) is 0 Å². The Labute approximate surface area is 273 Å². The first-order valence-corrected chi connectivity index (χ1v) is 15.8. The van der Waals surface area contributed by atoms with Crippen LogP contribution in [0.15, 0.2) is 73.1 Å². The van der Waals surface area contributed by atoms with Gasteiger partial charge in [0, 0.05) is 92.1 Å². The normalized spacial score (nSPS) is 15.8. The molecular formula is C36H39F2N7O2. The predicted octanol–water partition coefficient (Wildman–Crippen LogP) is 5.30. The topological polar surface area (TPSA) is 120 Å². The highest BCUT2D eigenvalue weighted by Crippen LogP contribution is 2.31. The van der Waals surface area contributed by atoms with Gasteiger partial charge in [-0.1, -0.05) is 6.07 Å². The van der Waals surface area contributed by atoms with Gasteiger partial charge in [0.2, 0.25) is 0 Å². The number of carbonyl (C=O) groups excluding carboxylic acids is 1. The molecule has 244 valence electrons. The van der Waals surface area contributed by atoms with Crippen molar-refractivity contribution in [1.29, 1.82) is 5.41 Å². The lowest BCUT2D eigenvalue weighted by atomic mass is 9.92. The number of nitrogen functional groups attached to an aromatic ring is 1. The first-order valence-electron chi connectivity index (χ1n) is 15.8. The SMILES string of the molecule is CN1CCN(c2ccc(C(=O)NC(=N)c3cc(Cc4cc(F)cc(F)c4)c(-c4cccnc4)cc3N)c(NC3CCOCC3)c2)CC1. The summed E-state index contributed by atoms with van der Waals surface area (Å²) in [7, 11) is 2.11. The number of piperazine rings is 1. The first kappa shape index (κ1) is 32.1. The molecular weight excluding hydrogens is 600 g/mol. The smallest absolute Gasteiger partial charge is 0.258 e. The fourth-order valence-corrected chi connectivity index (χ4v) is 6.17. The van der Waals surface area contributed by atoms with Gasteiger partial charge in [0.15, 0.2) is 0 Å². The Morgan fingerprint density at radius 2 is 1.74 bits per heavy atom. The second-order valence-corrected chi connectivity index (χ2v) is 12.2. The van der Waals surface area contributed by atoms with Crippen molar-refractivity contribution in [2.24, 2.45) is 0 Å². The third kappa shape index (κ3) is 7.75. The zero-order chi connectivity index (χ0) is 32.9. The molecule has 2 aliphatic rings. The number of hydrogen-bond acceptors (Lipinski definition) is 8. The maximum atomic E-state index is 14.1. The molecule has 0 spiro atoms. The van der Waals surface area contributed by atoms with Crippen LogP contribution in [0.5, 0.6) is 0 Å². The molecule has 0 aliphatic carbocycles. The predicted molar refractivity (Wildman–Crippen MR) is 181 cm³/mol. The van der Waals surface area contributed by atoms with Crippen LogP contribution in [0.4, 0.5) is 25.8 Å². The summed E-state index contributed by atoms with van der Waals surface area (Å²) in [4.78, 5) is 22.6. The summed E-state index contributed by atoms with van der Waals surface area (Å²) in [6.45, 7) is 5.00. The van der Waals surface area contributed by atoms with Crippen molar-refractivity contribution in [1.82, 2.24) is 15.2 Å². The van der Waals surface area contributed by atoms with Crippen LogP contribution in [-0.4, -0.2) is 74.1 Å². The molecule has 0 unspecified atom stereocenters. The van der Waals surface area contributed by atoms with Crippen molar-refractivity contribution in [3.63, 3.8) is 0 Å². The standard InChI is InChI=1S/C36H39F2N7O2/c1-44-9-11-45(12-10-44)29-4-5-30(34(20-29)42-28-6-13-47-14-7-28)36(46)43-35(40)32-18-25(15-23-16-26(37)19-27(38)17-23)31(21-33(32)39)24-3-2-8-41-22-24/h2-5,8,16-22,28,42H,6-7,9-15,39H2,1H3,(H2,40,43,46). The van der Waals surface area contributed by atoms with E-state index in [9.17, 15) is 13.6 Å². The van der Waals surface area contributed by atoms with Gasteiger partial charge >= 0.3 is 0 Å². The number of likely N-dealkylation sites (N-methyl/N-ethyl adjacent to an activating group) is 1. The van der Waals surface area contributed by atoms with Crippen LogP contribution < -0.4 is 21.3 Å². The second-order valence-electron chi connectivity index (χ2n) is 12.2. The molecule has 47 heavy (non-hydrogen) atoms. The number of benzene rings is 3. The number of nitrogens with zero attached hydrogens (tertiary/aromatic N) is 3. The van der Waals surface area contributed by atoms with Crippen molar-refractivity contribution in [2.75, 3.05) is 62.4 Å². The van der Waals surface area contributed by atoms with Gasteiger partial charge in [-0.15, -0.1) is 0 Å². The molecule has 3 heterocycles. The third-order valence-corrected chi connectivity index (χ3v) is 8.77. The van der Waals surface area contributed by atoms with Gasteiger partial charge in [-0.3, -0.25) is 15.2 Å². The second kappa shape index (κ2) is 14.3. The number of nitrogens with one attached hydrogen (secondary N) is 3. The monoisotopic (exact) mass is 639 g/mol. The van der Waals surface area contributed by atoms with Crippen LogP contribution in [-0.2, 0) is 11.2 Å². The number of halogens is 2. The van der Waals surface area contributed by atoms with Gasteiger partial charge in [0.05, 0.1) is 5.56 Å². The van der Waals surface area contributed by atoms with Crippen LogP contribution >= 0.6 is 0 Å². The van der Waals surface area contributed by atoms with E-state index in [1.165, 1.54) is 12.1 Å². The van der Waals surface area contributed by atoms with E-state index in [4.69, 9.17) is 15.9 Å². The van der Waals surface area contributed by atoms with Crippen LogP contribution in [0.2, 0.25) is 0 Å². The lowest BCUT2D eigenvalue weighted by Gasteiger charge is -2.34. The lowest BCUT2D eigenvalue weighted by molar-refractivity contribution is 0.0904. The average Bonchev–Trinajstić information content (AvgIpc) is 3.06. The summed E-state index contributed by atoms with van der Waals surface area (Å²) in [6, 6.07) is 16.4. The average molecular weight is 640 g/mol. The Morgan fingerprint density at radius 3 is 2.45 bits per heavy atom. The highest BCUT2D eigenvalue weighted by Gasteiger charge is 2.23. The summed E-state index contributed by atoms with van der Waals surface area (Å²) in [5.41, 5.74) is 11.8. The Morgan fingerprint density at radius 1 is 1.00 bits per heavy atom. The Bertz CT molecular complexity index is 1730. The van der Waals surface area contributed by atoms with Gasteiger partial charge in [0.25, 0.3) is 5.91 Å². The van der Waals surface area contributed by atoms with E-state index in [-0.39, 0.29) is 24.0 Å². The maximum Gasteiger partial charge on any atom is 0.258 e. The van der Waals surface area contributed by atoms with Crippen molar-refractivity contribution in [2.45, 2.75) is 25.3 Å².